The first-order valence-corrected chi connectivity index (χ1v) is 8.17. The minimum Gasteiger partial charge on any atom is -0.481 e. The number of carboxylic acid groups (broad SMARTS) is 1. The molecule has 0 aromatic heterocycles. The first-order chi connectivity index (χ1) is 10.0. The van der Waals surface area contributed by atoms with Gasteiger partial charge in [0, 0.05) is 13.0 Å². The largest absolute Gasteiger partial charge is 0.481 e. The molecule has 0 saturated heterocycles. The van der Waals surface area contributed by atoms with Crippen LogP contribution in [0.1, 0.15) is 64.7 Å². The van der Waals surface area contributed by atoms with E-state index in [1.54, 1.807) is 0 Å². The molecule has 0 radical (unpaired) electrons. The van der Waals surface area contributed by atoms with Crippen LogP contribution in [0.4, 0.5) is 0 Å². The van der Waals surface area contributed by atoms with Crippen molar-refractivity contribution >= 4 is 11.9 Å². The highest BCUT2D eigenvalue weighted by Gasteiger charge is 2.37. The molecular weight excluding hydrogens is 270 g/mol. The van der Waals surface area contributed by atoms with Gasteiger partial charge >= 0.3 is 5.97 Å². The summed E-state index contributed by atoms with van der Waals surface area (Å²) < 4.78 is 5.50. The summed E-state index contributed by atoms with van der Waals surface area (Å²) in [6.45, 7) is 2.71. The lowest BCUT2D eigenvalue weighted by molar-refractivity contribution is -0.139. The van der Waals surface area contributed by atoms with Crippen molar-refractivity contribution < 1.29 is 19.4 Å². The fraction of sp³-hybridized carbons (Fsp3) is 0.875. The van der Waals surface area contributed by atoms with Gasteiger partial charge in [0.05, 0.1) is 18.1 Å². The average Bonchev–Trinajstić information content (AvgIpc) is 2.36. The molecule has 2 saturated carbocycles. The molecule has 5 nitrogen and oxygen atoms in total. The van der Waals surface area contributed by atoms with Crippen molar-refractivity contribution in [2.75, 3.05) is 6.61 Å². The maximum atomic E-state index is 12.2. The number of hydrogen-bond donors (Lipinski definition) is 2. The van der Waals surface area contributed by atoms with Gasteiger partial charge in [-0.25, -0.2) is 0 Å². The zero-order valence-electron chi connectivity index (χ0n) is 12.9. The highest BCUT2D eigenvalue weighted by Crippen LogP contribution is 2.34. The molecular formula is C16H27NO4. The van der Waals surface area contributed by atoms with E-state index < -0.39 is 11.5 Å². The number of carboxylic acids is 1. The van der Waals surface area contributed by atoms with Crippen LogP contribution >= 0.6 is 0 Å². The summed E-state index contributed by atoms with van der Waals surface area (Å²) >= 11 is 0. The summed E-state index contributed by atoms with van der Waals surface area (Å²) in [4.78, 5) is 23.3. The third-order valence-corrected chi connectivity index (χ3v) is 4.77. The van der Waals surface area contributed by atoms with Gasteiger partial charge < -0.3 is 15.2 Å². The summed E-state index contributed by atoms with van der Waals surface area (Å²) in [7, 11) is 0. The third-order valence-electron chi connectivity index (χ3n) is 4.77. The molecule has 2 N–H and O–H groups in total. The Morgan fingerprint density at radius 1 is 1.24 bits per heavy atom. The Kier molecular flexibility index (Phi) is 5.62. The molecule has 2 aliphatic rings. The first kappa shape index (κ1) is 16.3. The van der Waals surface area contributed by atoms with Crippen LogP contribution in [0.2, 0.25) is 0 Å². The Bertz CT molecular complexity index is 370. The van der Waals surface area contributed by atoms with Gasteiger partial charge in [-0.3, -0.25) is 9.59 Å². The van der Waals surface area contributed by atoms with Crippen LogP contribution in [0.25, 0.3) is 0 Å². The first-order valence-electron chi connectivity index (χ1n) is 8.17. The van der Waals surface area contributed by atoms with Crippen LogP contribution < -0.4 is 5.32 Å². The Labute approximate surface area is 126 Å². The van der Waals surface area contributed by atoms with Crippen molar-refractivity contribution in [3.05, 3.63) is 0 Å². The molecule has 0 unspecified atom stereocenters. The summed E-state index contributed by atoms with van der Waals surface area (Å²) in [5.41, 5.74) is -0.510. The van der Waals surface area contributed by atoms with E-state index in [0.29, 0.717) is 18.4 Å². The Balaban J connectivity index is 1.80. The second-order valence-corrected chi connectivity index (χ2v) is 6.58. The van der Waals surface area contributed by atoms with Crippen molar-refractivity contribution in [3.63, 3.8) is 0 Å². The van der Waals surface area contributed by atoms with E-state index in [2.05, 4.69) is 5.32 Å². The predicted molar refractivity (Wildman–Crippen MR) is 79.0 cm³/mol. The van der Waals surface area contributed by atoms with Gasteiger partial charge in [-0.05, 0) is 38.5 Å². The summed E-state index contributed by atoms with van der Waals surface area (Å²) in [5.74, 6) is -0.414. The molecule has 2 rings (SSSR count). The van der Waals surface area contributed by atoms with Crippen LogP contribution in [0.15, 0.2) is 0 Å². The molecule has 0 bridgehead atoms. The van der Waals surface area contributed by atoms with Gasteiger partial charge in [-0.1, -0.05) is 19.3 Å². The normalized spacial score (nSPS) is 27.7. The van der Waals surface area contributed by atoms with E-state index in [-0.39, 0.29) is 12.3 Å². The van der Waals surface area contributed by atoms with E-state index in [0.717, 1.165) is 51.6 Å². The van der Waals surface area contributed by atoms with Gasteiger partial charge in [0.2, 0.25) is 5.91 Å². The highest BCUT2D eigenvalue weighted by molar-refractivity contribution is 5.78. The fourth-order valence-corrected chi connectivity index (χ4v) is 3.69. The number of ether oxygens (including phenoxy) is 1. The van der Waals surface area contributed by atoms with E-state index in [1.165, 1.54) is 0 Å². The van der Waals surface area contributed by atoms with Crippen molar-refractivity contribution in [2.45, 2.75) is 76.4 Å². The van der Waals surface area contributed by atoms with E-state index in [4.69, 9.17) is 9.84 Å². The van der Waals surface area contributed by atoms with Crippen LogP contribution in [0, 0.1) is 5.92 Å². The predicted octanol–water partition coefficient (Wildman–Crippen LogP) is 2.49. The second-order valence-electron chi connectivity index (χ2n) is 6.58. The Morgan fingerprint density at radius 2 is 1.90 bits per heavy atom. The lowest BCUT2D eigenvalue weighted by atomic mass is 9.77. The van der Waals surface area contributed by atoms with Crippen LogP contribution in [-0.2, 0) is 14.3 Å². The third kappa shape index (κ3) is 4.70. The molecule has 0 atom stereocenters. The van der Waals surface area contributed by atoms with Gasteiger partial charge in [0.1, 0.15) is 0 Å². The number of carbonyl (C=O) groups is 2. The second kappa shape index (κ2) is 7.25. The minimum atomic E-state index is -0.822. The van der Waals surface area contributed by atoms with Crippen molar-refractivity contribution in [1.82, 2.24) is 5.32 Å². The van der Waals surface area contributed by atoms with Crippen molar-refractivity contribution in [2.24, 2.45) is 5.92 Å². The van der Waals surface area contributed by atoms with Crippen molar-refractivity contribution in [1.29, 1.82) is 0 Å². The minimum absolute atomic E-state index is 0.0121. The van der Waals surface area contributed by atoms with Gasteiger partial charge in [0.25, 0.3) is 0 Å². The Morgan fingerprint density at radius 3 is 2.48 bits per heavy atom. The standard InChI is InChI=1S/C16H27NO4/c1-2-21-13-8-12(9-13)10-14(18)17-16(11-15(19)20)6-4-3-5-7-16/h12-13H,2-11H2,1H3,(H,17,18)(H,19,20). The number of amides is 1. The fourth-order valence-electron chi connectivity index (χ4n) is 3.69. The monoisotopic (exact) mass is 297 g/mol. The lowest BCUT2D eigenvalue weighted by Crippen LogP contribution is -2.52. The molecule has 0 heterocycles. The Hall–Kier alpha value is -1.10. The lowest BCUT2D eigenvalue weighted by Gasteiger charge is -2.39. The summed E-state index contributed by atoms with van der Waals surface area (Å²) in [6.07, 6.45) is 7.49. The number of carbonyl (C=O) groups excluding carboxylic acids is 1. The molecule has 0 aliphatic heterocycles. The quantitative estimate of drug-likeness (QED) is 0.757. The van der Waals surface area contributed by atoms with E-state index in [1.807, 2.05) is 6.92 Å². The molecule has 0 aromatic rings. The van der Waals surface area contributed by atoms with Crippen LogP contribution in [-0.4, -0.2) is 35.2 Å². The smallest absolute Gasteiger partial charge is 0.305 e. The zero-order valence-corrected chi connectivity index (χ0v) is 12.9. The number of aliphatic carboxylic acids is 1. The number of hydrogen-bond acceptors (Lipinski definition) is 3. The number of rotatable bonds is 7. The summed E-state index contributed by atoms with van der Waals surface area (Å²) in [5, 5.41) is 12.2. The van der Waals surface area contributed by atoms with Crippen molar-refractivity contribution in [3.8, 4) is 0 Å². The van der Waals surface area contributed by atoms with Gasteiger partial charge in [0.15, 0.2) is 0 Å². The average molecular weight is 297 g/mol. The highest BCUT2D eigenvalue weighted by atomic mass is 16.5. The molecule has 1 amide bonds. The van der Waals surface area contributed by atoms with Crippen LogP contribution in [0.5, 0.6) is 0 Å². The molecule has 5 heteroatoms. The molecule has 0 aromatic carbocycles. The maximum absolute atomic E-state index is 12.2. The van der Waals surface area contributed by atoms with E-state index in [9.17, 15) is 9.59 Å². The molecule has 0 spiro atoms. The molecule has 21 heavy (non-hydrogen) atoms. The SMILES string of the molecule is CCOC1CC(CC(=O)NC2(CC(=O)O)CCCCC2)C1. The maximum Gasteiger partial charge on any atom is 0.305 e. The summed E-state index contributed by atoms with van der Waals surface area (Å²) in [6, 6.07) is 0. The molecule has 2 fully saturated rings. The van der Waals surface area contributed by atoms with E-state index >= 15 is 0 Å². The van der Waals surface area contributed by atoms with Gasteiger partial charge in [-0.15, -0.1) is 0 Å². The van der Waals surface area contributed by atoms with Crippen LogP contribution in [0.3, 0.4) is 0 Å². The molecule has 2 aliphatic carbocycles. The number of nitrogens with one attached hydrogen (secondary N) is 1. The topological polar surface area (TPSA) is 75.6 Å². The molecule has 120 valence electrons. The zero-order chi connectivity index (χ0) is 15.3. The van der Waals surface area contributed by atoms with Gasteiger partial charge in [-0.2, -0.15) is 0 Å².